The number of phenols is 1. The summed E-state index contributed by atoms with van der Waals surface area (Å²) in [4.78, 5) is 11.0. The first-order valence-electron chi connectivity index (χ1n) is 8.78. The van der Waals surface area contributed by atoms with Gasteiger partial charge in [-0.1, -0.05) is 13.8 Å². The summed E-state index contributed by atoms with van der Waals surface area (Å²) in [6.45, 7) is 7.95. The zero-order chi connectivity index (χ0) is 19.0. The molecule has 0 bridgehead atoms. The van der Waals surface area contributed by atoms with Crippen LogP contribution in [0.25, 0.3) is 0 Å². The van der Waals surface area contributed by atoms with Crippen LogP contribution in [0.4, 0.5) is 0 Å². The highest BCUT2D eigenvalue weighted by molar-refractivity contribution is 5.68. The standard InChI is InChI=1S/C21H24O5/c1-11(2)16-8-14(5-6-18(16)22)26-21-12(3)7-19-17(13(21)4)9-15(25-19)10-20(23)24/h5-8,11,15,22H,9-10H2,1-4H3,(H,23,24). The van der Waals surface area contributed by atoms with Gasteiger partial charge in [-0.2, -0.15) is 0 Å². The van der Waals surface area contributed by atoms with Gasteiger partial charge in [0.05, 0.1) is 6.42 Å². The Morgan fingerprint density at radius 2 is 2.04 bits per heavy atom. The molecule has 2 aromatic carbocycles. The van der Waals surface area contributed by atoms with Crippen molar-refractivity contribution in [3.05, 3.63) is 46.5 Å². The number of benzene rings is 2. The average molecular weight is 356 g/mol. The number of carboxylic acids is 1. The second-order valence-corrected chi connectivity index (χ2v) is 7.14. The van der Waals surface area contributed by atoms with Gasteiger partial charge in [0.15, 0.2) is 0 Å². The molecule has 1 aliphatic rings. The Morgan fingerprint density at radius 1 is 1.31 bits per heavy atom. The van der Waals surface area contributed by atoms with E-state index in [-0.39, 0.29) is 24.2 Å². The second-order valence-electron chi connectivity index (χ2n) is 7.14. The lowest BCUT2D eigenvalue weighted by Gasteiger charge is -2.16. The molecule has 5 heteroatoms. The number of hydrogen-bond acceptors (Lipinski definition) is 4. The molecule has 0 radical (unpaired) electrons. The van der Waals surface area contributed by atoms with E-state index >= 15 is 0 Å². The Bertz CT molecular complexity index is 854. The number of aryl methyl sites for hydroxylation is 1. The number of hydrogen-bond donors (Lipinski definition) is 2. The molecule has 0 saturated heterocycles. The van der Waals surface area contributed by atoms with Crippen LogP contribution in [-0.2, 0) is 11.2 Å². The molecule has 0 spiro atoms. The van der Waals surface area contributed by atoms with Crippen LogP contribution in [0.1, 0.15) is 48.4 Å². The molecule has 1 heterocycles. The molecule has 0 aromatic heterocycles. The lowest BCUT2D eigenvalue weighted by atomic mass is 9.99. The van der Waals surface area contributed by atoms with E-state index in [1.807, 2.05) is 39.8 Å². The summed E-state index contributed by atoms with van der Waals surface area (Å²) in [6, 6.07) is 7.16. The summed E-state index contributed by atoms with van der Waals surface area (Å²) in [5.41, 5.74) is 3.73. The molecular formula is C21H24O5. The van der Waals surface area contributed by atoms with Crippen molar-refractivity contribution in [1.82, 2.24) is 0 Å². The largest absolute Gasteiger partial charge is 0.508 e. The fourth-order valence-electron chi connectivity index (χ4n) is 3.42. The zero-order valence-electron chi connectivity index (χ0n) is 15.5. The molecule has 2 aromatic rings. The smallest absolute Gasteiger partial charge is 0.307 e. The number of aliphatic carboxylic acids is 1. The van der Waals surface area contributed by atoms with E-state index in [0.29, 0.717) is 12.2 Å². The quantitative estimate of drug-likeness (QED) is 0.812. The predicted molar refractivity (Wildman–Crippen MR) is 98.6 cm³/mol. The summed E-state index contributed by atoms with van der Waals surface area (Å²) in [5, 5.41) is 19.0. The van der Waals surface area contributed by atoms with Gasteiger partial charge in [-0.05, 0) is 55.2 Å². The number of aromatic hydroxyl groups is 1. The van der Waals surface area contributed by atoms with E-state index in [9.17, 15) is 9.90 Å². The highest BCUT2D eigenvalue weighted by Gasteiger charge is 2.29. The van der Waals surface area contributed by atoms with E-state index in [2.05, 4.69) is 0 Å². The van der Waals surface area contributed by atoms with Crippen molar-refractivity contribution in [2.75, 3.05) is 0 Å². The van der Waals surface area contributed by atoms with Gasteiger partial charge in [-0.3, -0.25) is 4.79 Å². The number of carbonyl (C=O) groups is 1. The lowest BCUT2D eigenvalue weighted by molar-refractivity contribution is -0.138. The van der Waals surface area contributed by atoms with Crippen LogP contribution < -0.4 is 9.47 Å². The molecule has 138 valence electrons. The van der Waals surface area contributed by atoms with Crippen LogP contribution in [0.2, 0.25) is 0 Å². The van der Waals surface area contributed by atoms with E-state index in [4.69, 9.17) is 14.6 Å². The van der Waals surface area contributed by atoms with Crippen molar-refractivity contribution in [2.45, 2.75) is 52.6 Å². The van der Waals surface area contributed by atoms with Crippen LogP contribution in [-0.4, -0.2) is 22.3 Å². The minimum absolute atomic E-state index is 0.0148. The Kier molecular flexibility index (Phi) is 4.81. The molecule has 0 fully saturated rings. The topological polar surface area (TPSA) is 76.0 Å². The Labute approximate surface area is 153 Å². The number of carboxylic acid groups (broad SMARTS) is 1. The predicted octanol–water partition coefficient (Wildman–Crippen LogP) is 4.70. The molecule has 26 heavy (non-hydrogen) atoms. The maximum absolute atomic E-state index is 11.0. The second kappa shape index (κ2) is 6.90. The molecule has 1 unspecified atom stereocenters. The van der Waals surface area contributed by atoms with Gasteiger partial charge < -0.3 is 19.7 Å². The number of phenolic OH excluding ortho intramolecular Hbond substituents is 1. The third-order valence-corrected chi connectivity index (χ3v) is 4.77. The molecular weight excluding hydrogens is 332 g/mol. The van der Waals surface area contributed by atoms with Crippen LogP contribution in [0, 0.1) is 13.8 Å². The molecule has 3 rings (SSSR count). The minimum atomic E-state index is -0.862. The molecule has 1 aliphatic heterocycles. The van der Waals surface area contributed by atoms with E-state index in [1.165, 1.54) is 0 Å². The molecule has 0 saturated carbocycles. The van der Waals surface area contributed by atoms with Crippen molar-refractivity contribution < 1.29 is 24.5 Å². The van der Waals surface area contributed by atoms with E-state index in [0.717, 1.165) is 33.8 Å². The Morgan fingerprint density at radius 3 is 2.69 bits per heavy atom. The van der Waals surface area contributed by atoms with Crippen LogP contribution in [0.5, 0.6) is 23.0 Å². The summed E-state index contributed by atoms with van der Waals surface area (Å²) in [7, 11) is 0. The number of fused-ring (bicyclic) bond motifs is 1. The summed E-state index contributed by atoms with van der Waals surface area (Å²) in [6.07, 6.45) is 0.216. The van der Waals surface area contributed by atoms with Crippen molar-refractivity contribution in [3.63, 3.8) is 0 Å². The SMILES string of the molecule is Cc1cc2c(c(C)c1Oc1ccc(O)c(C(C)C)c1)CC(CC(=O)O)O2. The molecule has 2 N–H and O–H groups in total. The lowest BCUT2D eigenvalue weighted by Crippen LogP contribution is -2.17. The maximum atomic E-state index is 11.0. The minimum Gasteiger partial charge on any atom is -0.508 e. The number of ether oxygens (including phenoxy) is 2. The third kappa shape index (κ3) is 3.47. The van der Waals surface area contributed by atoms with Crippen molar-refractivity contribution in [3.8, 4) is 23.0 Å². The summed E-state index contributed by atoms with van der Waals surface area (Å²) < 4.78 is 11.9. The first kappa shape index (κ1) is 18.1. The summed E-state index contributed by atoms with van der Waals surface area (Å²) in [5.74, 6) is 1.75. The molecule has 5 nitrogen and oxygen atoms in total. The number of rotatable bonds is 5. The van der Waals surface area contributed by atoms with Gasteiger partial charge >= 0.3 is 5.97 Å². The first-order chi connectivity index (χ1) is 12.3. The average Bonchev–Trinajstić information content (AvgIpc) is 2.94. The van der Waals surface area contributed by atoms with Gasteiger partial charge in [0, 0.05) is 17.5 Å². The van der Waals surface area contributed by atoms with Gasteiger partial charge in [0.2, 0.25) is 0 Å². The van der Waals surface area contributed by atoms with Crippen molar-refractivity contribution >= 4 is 5.97 Å². The molecule has 0 amide bonds. The first-order valence-corrected chi connectivity index (χ1v) is 8.78. The maximum Gasteiger partial charge on any atom is 0.307 e. The normalized spacial score (nSPS) is 15.7. The van der Waals surface area contributed by atoms with E-state index < -0.39 is 5.97 Å². The van der Waals surface area contributed by atoms with Gasteiger partial charge in [-0.15, -0.1) is 0 Å². The van der Waals surface area contributed by atoms with Gasteiger partial charge in [0.25, 0.3) is 0 Å². The fourth-order valence-corrected chi connectivity index (χ4v) is 3.42. The Balaban J connectivity index is 1.91. The highest BCUT2D eigenvalue weighted by atomic mass is 16.5. The van der Waals surface area contributed by atoms with E-state index in [1.54, 1.807) is 12.1 Å². The van der Waals surface area contributed by atoms with Gasteiger partial charge in [0.1, 0.15) is 29.1 Å². The zero-order valence-corrected chi connectivity index (χ0v) is 15.5. The Hall–Kier alpha value is -2.69. The van der Waals surface area contributed by atoms with Gasteiger partial charge in [-0.25, -0.2) is 0 Å². The van der Waals surface area contributed by atoms with Crippen molar-refractivity contribution in [2.24, 2.45) is 0 Å². The molecule has 0 aliphatic carbocycles. The van der Waals surface area contributed by atoms with Crippen molar-refractivity contribution in [1.29, 1.82) is 0 Å². The van der Waals surface area contributed by atoms with Crippen LogP contribution >= 0.6 is 0 Å². The van der Waals surface area contributed by atoms with Crippen LogP contribution in [0.3, 0.4) is 0 Å². The highest BCUT2D eigenvalue weighted by Crippen LogP contribution is 2.41. The summed E-state index contributed by atoms with van der Waals surface area (Å²) >= 11 is 0. The monoisotopic (exact) mass is 356 g/mol. The third-order valence-electron chi connectivity index (χ3n) is 4.77. The fraction of sp³-hybridized carbons (Fsp3) is 0.381. The van der Waals surface area contributed by atoms with Crippen LogP contribution in [0.15, 0.2) is 24.3 Å². The molecule has 1 atom stereocenters.